The molecule has 0 fully saturated rings. The normalized spacial score (nSPS) is 11.4. The van der Waals surface area contributed by atoms with Crippen LogP contribution < -0.4 is 4.90 Å². The third-order valence-electron chi connectivity index (χ3n) is 11.4. The molecule has 2 nitrogen and oxygen atoms in total. The Morgan fingerprint density at radius 1 is 0.276 bits per heavy atom. The number of fused-ring (bicyclic) bond motifs is 5. The van der Waals surface area contributed by atoms with Gasteiger partial charge in [-0.1, -0.05) is 170 Å². The molecular weight excluding hydrogens is 703 g/mol. The van der Waals surface area contributed by atoms with E-state index >= 15 is 0 Å². The molecule has 0 aliphatic carbocycles. The lowest BCUT2D eigenvalue weighted by Crippen LogP contribution is -2.11. The van der Waals surface area contributed by atoms with Crippen molar-refractivity contribution >= 4 is 60.5 Å². The molecule has 11 aromatic rings. The molecule has 11 rings (SSSR count). The van der Waals surface area contributed by atoms with Crippen molar-refractivity contribution in [2.75, 3.05) is 4.90 Å². The number of rotatable bonds is 7. The molecule has 1 heterocycles. The van der Waals surface area contributed by atoms with Crippen molar-refractivity contribution < 1.29 is 4.42 Å². The monoisotopic (exact) mass is 739 g/mol. The van der Waals surface area contributed by atoms with Crippen LogP contribution in [0, 0.1) is 0 Å². The van der Waals surface area contributed by atoms with Gasteiger partial charge in [0.2, 0.25) is 0 Å². The Labute approximate surface area is 337 Å². The summed E-state index contributed by atoms with van der Waals surface area (Å²) in [6.07, 6.45) is 0. The fourth-order valence-corrected chi connectivity index (χ4v) is 8.55. The molecule has 0 atom stereocenters. The number of furan rings is 1. The maximum absolute atomic E-state index is 6.42. The van der Waals surface area contributed by atoms with E-state index < -0.39 is 0 Å². The van der Waals surface area contributed by atoms with Gasteiger partial charge < -0.3 is 9.32 Å². The fraction of sp³-hybridized carbons (Fsp3) is 0. The Balaban J connectivity index is 1.05. The number of benzene rings is 10. The van der Waals surface area contributed by atoms with E-state index in [0.717, 1.165) is 50.1 Å². The summed E-state index contributed by atoms with van der Waals surface area (Å²) in [4.78, 5) is 2.40. The van der Waals surface area contributed by atoms with Crippen LogP contribution in [0.1, 0.15) is 0 Å². The van der Waals surface area contributed by atoms with Crippen LogP contribution in [0.3, 0.4) is 0 Å². The first kappa shape index (κ1) is 33.6. The molecule has 0 N–H and O–H groups in total. The van der Waals surface area contributed by atoms with Crippen molar-refractivity contribution in [1.29, 1.82) is 0 Å². The highest BCUT2D eigenvalue weighted by Crippen LogP contribution is 2.44. The van der Waals surface area contributed by atoms with Crippen LogP contribution >= 0.6 is 0 Å². The zero-order chi connectivity index (χ0) is 38.4. The first-order valence-electron chi connectivity index (χ1n) is 19.8. The molecule has 272 valence electrons. The summed E-state index contributed by atoms with van der Waals surface area (Å²) in [7, 11) is 0. The van der Waals surface area contributed by atoms with Crippen molar-refractivity contribution in [2.45, 2.75) is 0 Å². The van der Waals surface area contributed by atoms with Crippen molar-refractivity contribution in [2.24, 2.45) is 0 Å². The molecule has 10 aromatic carbocycles. The van der Waals surface area contributed by atoms with E-state index in [2.05, 4.69) is 229 Å². The predicted molar refractivity (Wildman–Crippen MR) is 245 cm³/mol. The van der Waals surface area contributed by atoms with Gasteiger partial charge in [0.1, 0.15) is 11.2 Å². The molecule has 2 heteroatoms. The molecule has 0 saturated heterocycles. The number of nitrogens with zero attached hydrogens (tertiary/aromatic N) is 1. The van der Waals surface area contributed by atoms with Gasteiger partial charge in [-0.2, -0.15) is 0 Å². The lowest BCUT2D eigenvalue weighted by molar-refractivity contribution is 0.669. The van der Waals surface area contributed by atoms with E-state index in [9.17, 15) is 0 Å². The van der Waals surface area contributed by atoms with Crippen LogP contribution in [0.15, 0.2) is 229 Å². The zero-order valence-corrected chi connectivity index (χ0v) is 31.7. The predicted octanol–water partition coefficient (Wildman–Crippen LogP) is 16.0. The van der Waals surface area contributed by atoms with Gasteiger partial charge in [0.05, 0.1) is 5.69 Å². The second-order valence-electron chi connectivity index (χ2n) is 14.9. The van der Waals surface area contributed by atoms with Crippen LogP contribution in [0.25, 0.3) is 88.0 Å². The summed E-state index contributed by atoms with van der Waals surface area (Å²) in [6.45, 7) is 0. The van der Waals surface area contributed by atoms with Crippen molar-refractivity contribution in [1.82, 2.24) is 0 Å². The minimum Gasteiger partial charge on any atom is -0.456 e. The minimum atomic E-state index is 0.888. The average Bonchev–Trinajstić information content (AvgIpc) is 3.65. The first-order valence-corrected chi connectivity index (χ1v) is 19.8. The molecule has 58 heavy (non-hydrogen) atoms. The molecule has 1 aromatic heterocycles. The van der Waals surface area contributed by atoms with Gasteiger partial charge in [0.15, 0.2) is 0 Å². The topological polar surface area (TPSA) is 16.4 Å². The fourth-order valence-electron chi connectivity index (χ4n) is 8.55. The van der Waals surface area contributed by atoms with E-state index in [-0.39, 0.29) is 0 Å². The maximum atomic E-state index is 6.42. The number of hydrogen-bond donors (Lipinski definition) is 0. The Morgan fingerprint density at radius 2 is 0.810 bits per heavy atom. The highest BCUT2D eigenvalue weighted by atomic mass is 16.3. The molecule has 0 amide bonds. The highest BCUT2D eigenvalue weighted by molar-refractivity contribution is 6.11. The molecule has 0 saturated carbocycles. The summed E-state index contributed by atoms with van der Waals surface area (Å²) >= 11 is 0. The van der Waals surface area contributed by atoms with Gasteiger partial charge in [-0.25, -0.2) is 0 Å². The second-order valence-corrected chi connectivity index (χ2v) is 14.9. The number of hydrogen-bond acceptors (Lipinski definition) is 2. The lowest BCUT2D eigenvalue weighted by atomic mass is 9.96. The van der Waals surface area contributed by atoms with Crippen LogP contribution in [0.5, 0.6) is 0 Å². The summed E-state index contributed by atoms with van der Waals surface area (Å²) in [6, 6.07) is 80.8. The molecule has 0 unspecified atom stereocenters. The van der Waals surface area contributed by atoms with Crippen LogP contribution in [0.2, 0.25) is 0 Å². The van der Waals surface area contributed by atoms with Gasteiger partial charge in [-0.05, 0) is 115 Å². The maximum Gasteiger partial charge on any atom is 0.136 e. The van der Waals surface area contributed by atoms with E-state index in [0.29, 0.717) is 0 Å². The number of para-hydroxylation sites is 1. The second kappa shape index (κ2) is 14.1. The standard InChI is InChI=1S/C56H37NO/c1-2-12-38(13-3-1)39-24-26-40(27-25-39)41-28-31-47(32-29-41)57(48-19-10-18-45(34-48)50-22-11-17-42-14-6-7-20-49(42)50)54-23-9-8-21-51(54)46-30-33-55-52(36-46)53-35-43-15-4-5-16-44(43)37-56(53)58-55/h1-37H. The molecule has 0 aliphatic heterocycles. The first-order chi connectivity index (χ1) is 28.7. The van der Waals surface area contributed by atoms with Crippen molar-refractivity contribution in [3.63, 3.8) is 0 Å². The van der Waals surface area contributed by atoms with Crippen LogP contribution in [0.4, 0.5) is 17.1 Å². The molecular formula is C56H37NO. The molecule has 0 spiro atoms. The third kappa shape index (κ3) is 6.00. The largest absolute Gasteiger partial charge is 0.456 e. The number of anilines is 3. The van der Waals surface area contributed by atoms with Crippen LogP contribution in [-0.2, 0) is 0 Å². The Bertz CT molecular complexity index is 3260. The average molecular weight is 740 g/mol. The van der Waals surface area contributed by atoms with Gasteiger partial charge in [0, 0.05) is 27.7 Å². The van der Waals surface area contributed by atoms with E-state index in [1.807, 2.05) is 0 Å². The summed E-state index contributed by atoms with van der Waals surface area (Å²) in [5.41, 5.74) is 14.5. The zero-order valence-electron chi connectivity index (χ0n) is 31.7. The van der Waals surface area contributed by atoms with E-state index in [4.69, 9.17) is 4.42 Å². The van der Waals surface area contributed by atoms with Crippen molar-refractivity contribution in [3.8, 4) is 44.5 Å². The van der Waals surface area contributed by atoms with E-state index in [1.165, 1.54) is 54.9 Å². The van der Waals surface area contributed by atoms with Gasteiger partial charge >= 0.3 is 0 Å². The molecule has 0 bridgehead atoms. The molecule has 0 radical (unpaired) electrons. The SMILES string of the molecule is c1ccc(-c2ccc(-c3ccc(N(c4cccc(-c5cccc6ccccc56)c4)c4ccccc4-c4ccc5oc6cc7ccccc7cc6c5c4)cc3)cc2)cc1. The minimum absolute atomic E-state index is 0.888. The Hall–Kier alpha value is -7.68. The van der Waals surface area contributed by atoms with Gasteiger partial charge in [-0.3, -0.25) is 0 Å². The Morgan fingerprint density at radius 3 is 1.60 bits per heavy atom. The van der Waals surface area contributed by atoms with Crippen LogP contribution in [-0.4, -0.2) is 0 Å². The summed E-state index contributed by atoms with van der Waals surface area (Å²) < 4.78 is 6.42. The smallest absolute Gasteiger partial charge is 0.136 e. The third-order valence-corrected chi connectivity index (χ3v) is 11.4. The lowest BCUT2D eigenvalue weighted by Gasteiger charge is -2.28. The Kier molecular flexibility index (Phi) is 8.19. The summed E-state index contributed by atoms with van der Waals surface area (Å²) in [5.74, 6) is 0. The van der Waals surface area contributed by atoms with Gasteiger partial charge in [-0.15, -0.1) is 0 Å². The van der Waals surface area contributed by atoms with Gasteiger partial charge in [0.25, 0.3) is 0 Å². The summed E-state index contributed by atoms with van der Waals surface area (Å²) in [5, 5.41) is 7.09. The quantitative estimate of drug-likeness (QED) is 0.162. The highest BCUT2D eigenvalue weighted by Gasteiger charge is 2.19. The van der Waals surface area contributed by atoms with E-state index in [1.54, 1.807) is 0 Å². The van der Waals surface area contributed by atoms with Crippen molar-refractivity contribution in [3.05, 3.63) is 224 Å². The molecule has 0 aliphatic rings.